The zero-order chi connectivity index (χ0) is 12.7. The molecule has 0 spiro atoms. The summed E-state index contributed by atoms with van der Waals surface area (Å²) in [5, 5.41) is 16.9. The van der Waals surface area contributed by atoms with E-state index < -0.39 is 11.6 Å². The van der Waals surface area contributed by atoms with Crippen molar-refractivity contribution in [3.05, 3.63) is 35.7 Å². The van der Waals surface area contributed by atoms with Crippen molar-refractivity contribution in [1.29, 1.82) is 0 Å². The molecule has 0 atom stereocenters. The molecule has 1 aliphatic rings. The summed E-state index contributed by atoms with van der Waals surface area (Å²) in [7, 11) is 0. The van der Waals surface area contributed by atoms with Gasteiger partial charge in [0.15, 0.2) is 11.6 Å². The van der Waals surface area contributed by atoms with E-state index in [0.29, 0.717) is 11.6 Å². The van der Waals surface area contributed by atoms with Crippen molar-refractivity contribution in [2.24, 2.45) is 0 Å². The van der Waals surface area contributed by atoms with Crippen LogP contribution in [0.25, 0.3) is 11.4 Å². The summed E-state index contributed by atoms with van der Waals surface area (Å²) in [6.07, 6.45) is 1.92. The molecule has 0 radical (unpaired) electrons. The number of aliphatic hydroxyl groups excluding tert-OH is 1. The first-order valence-corrected chi connectivity index (χ1v) is 5.70. The van der Waals surface area contributed by atoms with Gasteiger partial charge in [0.2, 0.25) is 0 Å². The molecule has 1 N–H and O–H groups in total. The third-order valence-electron chi connectivity index (χ3n) is 2.99. The van der Waals surface area contributed by atoms with E-state index in [2.05, 4.69) is 10.2 Å². The first kappa shape index (κ1) is 11.3. The molecule has 94 valence electrons. The Labute approximate surface area is 102 Å². The van der Waals surface area contributed by atoms with Crippen LogP contribution in [-0.2, 0) is 6.61 Å². The summed E-state index contributed by atoms with van der Waals surface area (Å²) in [6.45, 7) is -0.244. The Hall–Kier alpha value is -1.82. The van der Waals surface area contributed by atoms with Gasteiger partial charge in [-0.25, -0.2) is 8.78 Å². The average Bonchev–Trinajstić information content (AvgIpc) is 3.09. The number of aliphatic hydroxyl groups is 1. The number of nitrogens with zero attached hydrogens (tertiary/aromatic N) is 3. The number of halogens is 2. The highest BCUT2D eigenvalue weighted by Gasteiger charge is 2.30. The van der Waals surface area contributed by atoms with Gasteiger partial charge in [0, 0.05) is 12.1 Å². The number of benzene rings is 1. The molecule has 3 rings (SSSR count). The normalized spacial score (nSPS) is 15.1. The Bertz CT molecular complexity index is 593. The molecule has 1 saturated carbocycles. The van der Waals surface area contributed by atoms with E-state index in [-0.39, 0.29) is 18.2 Å². The molecule has 4 nitrogen and oxygen atoms in total. The maximum Gasteiger partial charge on any atom is 0.167 e. The van der Waals surface area contributed by atoms with Gasteiger partial charge in [-0.1, -0.05) is 0 Å². The molecule has 1 aromatic heterocycles. The van der Waals surface area contributed by atoms with E-state index >= 15 is 0 Å². The fourth-order valence-electron chi connectivity index (χ4n) is 2.00. The smallest absolute Gasteiger partial charge is 0.167 e. The van der Waals surface area contributed by atoms with Crippen molar-refractivity contribution in [3.63, 3.8) is 0 Å². The lowest BCUT2D eigenvalue weighted by atomic mass is 10.2. The highest BCUT2D eigenvalue weighted by Crippen LogP contribution is 2.39. The SMILES string of the molecule is OCc1nnc(-c2ccc(F)cc2F)n1C1CC1. The van der Waals surface area contributed by atoms with Gasteiger partial charge in [0.25, 0.3) is 0 Å². The summed E-state index contributed by atoms with van der Waals surface area (Å²) >= 11 is 0. The minimum Gasteiger partial charge on any atom is -0.388 e. The lowest BCUT2D eigenvalue weighted by Crippen LogP contribution is -2.04. The topological polar surface area (TPSA) is 50.9 Å². The summed E-state index contributed by atoms with van der Waals surface area (Å²) in [6, 6.07) is 3.55. The third-order valence-corrected chi connectivity index (χ3v) is 2.99. The highest BCUT2D eigenvalue weighted by molar-refractivity contribution is 5.56. The van der Waals surface area contributed by atoms with Gasteiger partial charge in [-0.3, -0.25) is 0 Å². The molecule has 18 heavy (non-hydrogen) atoms. The summed E-state index contributed by atoms with van der Waals surface area (Å²) in [4.78, 5) is 0. The van der Waals surface area contributed by atoms with E-state index in [9.17, 15) is 13.9 Å². The molecule has 2 aromatic rings. The zero-order valence-corrected chi connectivity index (χ0v) is 9.48. The van der Waals surface area contributed by atoms with E-state index in [4.69, 9.17) is 0 Å². The monoisotopic (exact) mass is 251 g/mol. The van der Waals surface area contributed by atoms with Gasteiger partial charge in [0.05, 0.1) is 5.56 Å². The third kappa shape index (κ3) is 1.78. The zero-order valence-electron chi connectivity index (χ0n) is 9.48. The van der Waals surface area contributed by atoms with E-state index in [1.165, 1.54) is 12.1 Å². The number of rotatable bonds is 3. The molecule has 6 heteroatoms. The lowest BCUT2D eigenvalue weighted by Gasteiger charge is -2.08. The summed E-state index contributed by atoms with van der Waals surface area (Å²) in [5.41, 5.74) is 0.204. The highest BCUT2D eigenvalue weighted by atomic mass is 19.1. The van der Waals surface area contributed by atoms with Gasteiger partial charge in [-0.05, 0) is 25.0 Å². The molecule has 0 amide bonds. The second-order valence-corrected chi connectivity index (χ2v) is 4.32. The second kappa shape index (κ2) is 4.13. The molecule has 1 heterocycles. The first-order chi connectivity index (χ1) is 8.70. The molecule has 1 aliphatic carbocycles. The van der Waals surface area contributed by atoms with E-state index in [1.54, 1.807) is 4.57 Å². The van der Waals surface area contributed by atoms with Crippen molar-refractivity contribution >= 4 is 0 Å². The van der Waals surface area contributed by atoms with Crippen molar-refractivity contribution in [1.82, 2.24) is 14.8 Å². The molecule has 0 bridgehead atoms. The summed E-state index contributed by atoms with van der Waals surface area (Å²) in [5.74, 6) is -0.541. The number of hydrogen-bond acceptors (Lipinski definition) is 3. The number of hydrogen-bond donors (Lipinski definition) is 1. The van der Waals surface area contributed by atoms with Crippen LogP contribution in [0.4, 0.5) is 8.78 Å². The van der Waals surface area contributed by atoms with Gasteiger partial charge >= 0.3 is 0 Å². The van der Waals surface area contributed by atoms with E-state index in [0.717, 1.165) is 18.9 Å². The maximum absolute atomic E-state index is 13.7. The Balaban J connectivity index is 2.13. The van der Waals surface area contributed by atoms with Gasteiger partial charge in [0.1, 0.15) is 18.2 Å². The second-order valence-electron chi connectivity index (χ2n) is 4.32. The fraction of sp³-hybridized carbons (Fsp3) is 0.333. The predicted molar refractivity (Wildman–Crippen MR) is 59.6 cm³/mol. The van der Waals surface area contributed by atoms with Gasteiger partial charge < -0.3 is 9.67 Å². The van der Waals surface area contributed by atoms with Gasteiger partial charge in [-0.15, -0.1) is 10.2 Å². The van der Waals surface area contributed by atoms with Crippen LogP contribution in [0.3, 0.4) is 0 Å². The molecular weight excluding hydrogens is 240 g/mol. The molecule has 1 fully saturated rings. The fourth-order valence-corrected chi connectivity index (χ4v) is 2.00. The molecule has 0 unspecified atom stereocenters. The van der Waals surface area contributed by atoms with Crippen LogP contribution < -0.4 is 0 Å². The maximum atomic E-state index is 13.7. The van der Waals surface area contributed by atoms with Crippen molar-refractivity contribution in [3.8, 4) is 11.4 Å². The van der Waals surface area contributed by atoms with Crippen LogP contribution in [0.15, 0.2) is 18.2 Å². The lowest BCUT2D eigenvalue weighted by molar-refractivity contribution is 0.265. The average molecular weight is 251 g/mol. The van der Waals surface area contributed by atoms with Crippen LogP contribution >= 0.6 is 0 Å². The summed E-state index contributed by atoms with van der Waals surface area (Å²) < 4.78 is 28.3. The number of aromatic nitrogens is 3. The minimum absolute atomic E-state index is 0.204. The Kier molecular flexibility index (Phi) is 2.59. The Morgan fingerprint density at radius 3 is 2.67 bits per heavy atom. The van der Waals surface area contributed by atoms with Crippen LogP contribution in [0.5, 0.6) is 0 Å². The molecular formula is C12H11F2N3O. The Morgan fingerprint density at radius 2 is 2.06 bits per heavy atom. The Morgan fingerprint density at radius 1 is 1.28 bits per heavy atom. The quantitative estimate of drug-likeness (QED) is 0.908. The van der Waals surface area contributed by atoms with Crippen molar-refractivity contribution in [2.75, 3.05) is 0 Å². The van der Waals surface area contributed by atoms with Crippen LogP contribution in [-0.4, -0.2) is 19.9 Å². The minimum atomic E-state index is -0.672. The van der Waals surface area contributed by atoms with Crippen LogP contribution in [0, 0.1) is 11.6 Å². The van der Waals surface area contributed by atoms with Crippen LogP contribution in [0.2, 0.25) is 0 Å². The van der Waals surface area contributed by atoms with E-state index in [1.807, 2.05) is 0 Å². The van der Waals surface area contributed by atoms with Crippen molar-refractivity contribution < 1.29 is 13.9 Å². The van der Waals surface area contributed by atoms with Crippen molar-refractivity contribution in [2.45, 2.75) is 25.5 Å². The standard InChI is InChI=1S/C12H11F2N3O/c13-7-1-4-9(10(14)5-7)12-16-15-11(6-18)17(12)8-2-3-8/h1,4-5,8,18H,2-3,6H2. The molecule has 0 aliphatic heterocycles. The predicted octanol–water partition coefficient (Wildman–Crippen LogP) is 2.05. The van der Waals surface area contributed by atoms with Gasteiger partial charge in [-0.2, -0.15) is 0 Å². The molecule has 1 aromatic carbocycles. The largest absolute Gasteiger partial charge is 0.388 e. The molecule has 0 saturated heterocycles. The first-order valence-electron chi connectivity index (χ1n) is 5.70. The van der Waals surface area contributed by atoms with Crippen LogP contribution in [0.1, 0.15) is 24.7 Å².